The van der Waals surface area contributed by atoms with Crippen LogP contribution >= 0.6 is 11.6 Å². The lowest BCUT2D eigenvalue weighted by Gasteiger charge is -2.16. The van der Waals surface area contributed by atoms with Gasteiger partial charge < -0.3 is 5.32 Å². The predicted octanol–water partition coefficient (Wildman–Crippen LogP) is 3.68. The molecular weight excluding hydrogens is 438 g/mol. The van der Waals surface area contributed by atoms with Crippen LogP contribution in [0.15, 0.2) is 48.8 Å². The fraction of sp³-hybridized carbons (Fsp3) is 0.286. The summed E-state index contributed by atoms with van der Waals surface area (Å²) >= 11 is 5.90. The maximum absolute atomic E-state index is 12.8. The first-order chi connectivity index (χ1) is 14.6. The topological polar surface area (TPSA) is 97.2 Å². The van der Waals surface area contributed by atoms with Crippen LogP contribution in [0.4, 0.5) is 11.4 Å². The van der Waals surface area contributed by atoms with E-state index in [4.69, 9.17) is 11.6 Å². The summed E-state index contributed by atoms with van der Waals surface area (Å²) in [4.78, 5) is 17.2. The molecule has 0 saturated carbocycles. The lowest BCUT2D eigenvalue weighted by atomic mass is 9.98. The van der Waals surface area contributed by atoms with Crippen molar-refractivity contribution in [1.82, 2.24) is 14.8 Å². The fourth-order valence-corrected chi connectivity index (χ4v) is 4.60. The minimum Gasteiger partial charge on any atom is -0.322 e. The van der Waals surface area contributed by atoms with Crippen molar-refractivity contribution < 1.29 is 13.2 Å². The van der Waals surface area contributed by atoms with E-state index in [1.54, 1.807) is 53.5 Å². The van der Waals surface area contributed by atoms with Crippen LogP contribution in [0.5, 0.6) is 0 Å². The van der Waals surface area contributed by atoms with Crippen molar-refractivity contribution in [3.63, 3.8) is 0 Å². The van der Waals surface area contributed by atoms with Gasteiger partial charge in [-0.15, -0.1) is 0 Å². The molecule has 0 spiro atoms. The van der Waals surface area contributed by atoms with Crippen molar-refractivity contribution in [2.45, 2.75) is 25.8 Å². The molecule has 0 fully saturated rings. The van der Waals surface area contributed by atoms with Gasteiger partial charge in [-0.25, -0.2) is 13.4 Å². The normalized spacial score (nSPS) is 15.9. The predicted molar refractivity (Wildman–Crippen MR) is 120 cm³/mol. The molecule has 0 radical (unpaired) electrons. The molecule has 162 valence electrons. The van der Waals surface area contributed by atoms with Crippen LogP contribution in [0.3, 0.4) is 0 Å². The molecule has 1 unspecified atom stereocenters. The van der Waals surface area contributed by atoms with Crippen molar-refractivity contribution in [2.75, 3.05) is 22.4 Å². The molecule has 0 saturated heterocycles. The molecule has 8 nitrogen and oxygen atoms in total. The van der Waals surface area contributed by atoms with Gasteiger partial charge in [0, 0.05) is 28.9 Å². The van der Waals surface area contributed by atoms with E-state index < -0.39 is 10.0 Å². The molecule has 4 rings (SSSR count). The Bertz CT molecular complexity index is 1240. The Morgan fingerprint density at radius 2 is 1.90 bits per heavy atom. The molecule has 0 bridgehead atoms. The van der Waals surface area contributed by atoms with Crippen LogP contribution < -0.4 is 9.62 Å². The second-order valence-corrected chi connectivity index (χ2v) is 10.1. The molecule has 3 aromatic rings. The number of nitrogens with one attached hydrogen (secondary N) is 1. The number of carbonyl (C=O) groups excluding carboxylic acids is 1. The molecule has 1 aliphatic rings. The fourth-order valence-electron chi connectivity index (χ4n) is 3.53. The number of benzene rings is 2. The van der Waals surface area contributed by atoms with Crippen LogP contribution in [0.25, 0.3) is 0 Å². The highest BCUT2D eigenvalue weighted by Gasteiger charge is 2.37. The van der Waals surface area contributed by atoms with Crippen molar-refractivity contribution in [3.8, 4) is 0 Å². The molecule has 1 atom stereocenters. The van der Waals surface area contributed by atoms with Gasteiger partial charge in [-0.1, -0.05) is 11.6 Å². The quantitative estimate of drug-likeness (QED) is 0.627. The van der Waals surface area contributed by atoms with Gasteiger partial charge in [0.05, 0.1) is 17.9 Å². The Hall–Kier alpha value is -2.91. The van der Waals surface area contributed by atoms with Gasteiger partial charge in [0.2, 0.25) is 10.0 Å². The summed E-state index contributed by atoms with van der Waals surface area (Å²) in [5, 5.41) is 7.93. The van der Waals surface area contributed by atoms with Crippen molar-refractivity contribution >= 4 is 38.9 Å². The number of nitrogens with zero attached hydrogens (tertiary/aromatic N) is 4. The van der Waals surface area contributed by atoms with E-state index in [2.05, 4.69) is 15.4 Å². The Labute approximate surface area is 185 Å². The third-order valence-corrected chi connectivity index (χ3v) is 6.55. The largest absolute Gasteiger partial charge is 0.322 e. The second kappa shape index (κ2) is 7.97. The first kappa shape index (κ1) is 21.3. The van der Waals surface area contributed by atoms with Gasteiger partial charge in [-0.2, -0.15) is 5.10 Å². The number of halogens is 1. The van der Waals surface area contributed by atoms with Gasteiger partial charge in [-0.3, -0.25) is 13.8 Å². The molecule has 10 heteroatoms. The summed E-state index contributed by atoms with van der Waals surface area (Å²) in [6.45, 7) is 4.17. The number of amides is 1. The van der Waals surface area contributed by atoms with E-state index in [9.17, 15) is 13.2 Å². The van der Waals surface area contributed by atoms with E-state index in [0.717, 1.165) is 0 Å². The first-order valence-electron chi connectivity index (χ1n) is 9.73. The molecule has 1 amide bonds. The summed E-state index contributed by atoms with van der Waals surface area (Å²) in [5.41, 5.74) is 2.27. The Morgan fingerprint density at radius 3 is 2.52 bits per heavy atom. The monoisotopic (exact) mass is 459 g/mol. The average Bonchev–Trinajstić information content (AvgIpc) is 3.33. The zero-order chi connectivity index (χ0) is 22.3. The van der Waals surface area contributed by atoms with Gasteiger partial charge in [0.1, 0.15) is 6.33 Å². The van der Waals surface area contributed by atoms with Crippen molar-refractivity contribution in [3.05, 3.63) is 70.8 Å². The van der Waals surface area contributed by atoms with E-state index >= 15 is 0 Å². The minimum absolute atomic E-state index is 0.129. The number of carbonyl (C=O) groups is 1. The summed E-state index contributed by atoms with van der Waals surface area (Å²) in [6.07, 6.45) is 2.81. The number of aromatic nitrogens is 3. The molecule has 2 heterocycles. The van der Waals surface area contributed by atoms with Crippen molar-refractivity contribution in [1.29, 1.82) is 0 Å². The average molecular weight is 460 g/mol. The third-order valence-electron chi connectivity index (χ3n) is 5.15. The SMILES string of the molecule is CC(C)n1cnc(C2CN(S(C)(=O)=O)c3ccc(C(=O)Nc4ccc(Cl)cc4)cc32)n1. The molecule has 0 aliphatic carbocycles. The van der Waals surface area contributed by atoms with E-state index in [-0.39, 0.29) is 24.4 Å². The summed E-state index contributed by atoms with van der Waals surface area (Å²) in [5.74, 6) is -0.147. The van der Waals surface area contributed by atoms with Gasteiger partial charge in [0.25, 0.3) is 5.91 Å². The molecule has 1 aromatic heterocycles. The highest BCUT2D eigenvalue weighted by molar-refractivity contribution is 7.92. The third kappa shape index (κ3) is 4.28. The number of sulfonamides is 1. The minimum atomic E-state index is -3.49. The number of hydrogen-bond donors (Lipinski definition) is 1. The number of fused-ring (bicyclic) bond motifs is 1. The number of hydrogen-bond acceptors (Lipinski definition) is 5. The second-order valence-electron chi connectivity index (χ2n) is 7.76. The molecular formula is C21H22ClN5O3S. The van der Waals surface area contributed by atoms with Crippen LogP contribution in [-0.4, -0.2) is 41.9 Å². The summed E-state index contributed by atoms with van der Waals surface area (Å²) in [7, 11) is -3.49. The molecule has 31 heavy (non-hydrogen) atoms. The van der Waals surface area contributed by atoms with Gasteiger partial charge in [-0.05, 0) is 61.9 Å². The molecule has 1 N–H and O–H groups in total. The Kier molecular flexibility index (Phi) is 5.49. The number of rotatable bonds is 5. The van der Waals surface area contributed by atoms with Crippen LogP contribution in [0.2, 0.25) is 5.02 Å². The molecule has 2 aromatic carbocycles. The lowest BCUT2D eigenvalue weighted by molar-refractivity contribution is 0.102. The Balaban J connectivity index is 1.70. The highest BCUT2D eigenvalue weighted by atomic mass is 35.5. The van der Waals surface area contributed by atoms with E-state index in [0.29, 0.717) is 33.3 Å². The zero-order valence-electron chi connectivity index (χ0n) is 17.3. The Morgan fingerprint density at radius 1 is 1.19 bits per heavy atom. The lowest BCUT2D eigenvalue weighted by Crippen LogP contribution is -2.29. The van der Waals surface area contributed by atoms with Crippen LogP contribution in [0, 0.1) is 0 Å². The van der Waals surface area contributed by atoms with Crippen molar-refractivity contribution in [2.24, 2.45) is 0 Å². The maximum Gasteiger partial charge on any atom is 0.255 e. The standard InChI is InChI=1S/C21H22ClN5O3S/c1-13(2)26-12-23-20(25-26)18-11-27(31(3,29)30)19-9-4-14(10-17(18)19)21(28)24-16-7-5-15(22)6-8-16/h4-10,12-13,18H,11H2,1-3H3,(H,24,28). The molecule has 1 aliphatic heterocycles. The van der Waals surface area contributed by atoms with Gasteiger partial charge in [0.15, 0.2) is 5.82 Å². The summed E-state index contributed by atoms with van der Waals surface area (Å²) in [6, 6.07) is 11.9. The van der Waals surface area contributed by atoms with Gasteiger partial charge >= 0.3 is 0 Å². The zero-order valence-corrected chi connectivity index (χ0v) is 18.9. The maximum atomic E-state index is 12.8. The summed E-state index contributed by atoms with van der Waals surface area (Å²) < 4.78 is 27.8. The number of anilines is 2. The smallest absolute Gasteiger partial charge is 0.255 e. The highest BCUT2D eigenvalue weighted by Crippen LogP contribution is 2.41. The van der Waals surface area contributed by atoms with E-state index in [1.807, 2.05) is 13.8 Å². The van der Waals surface area contributed by atoms with E-state index in [1.165, 1.54) is 10.6 Å². The van der Waals surface area contributed by atoms with Crippen LogP contribution in [-0.2, 0) is 10.0 Å². The first-order valence-corrected chi connectivity index (χ1v) is 12.0. The van der Waals surface area contributed by atoms with Crippen LogP contribution in [0.1, 0.15) is 47.6 Å².